The first kappa shape index (κ1) is 14.0. The van der Waals surface area contributed by atoms with E-state index in [1.54, 1.807) is 0 Å². The van der Waals surface area contributed by atoms with Gasteiger partial charge in [0.25, 0.3) is 0 Å². The molecule has 2 N–H and O–H groups in total. The van der Waals surface area contributed by atoms with E-state index >= 15 is 0 Å². The molecule has 1 heterocycles. The highest BCUT2D eigenvalue weighted by Crippen LogP contribution is 2.28. The summed E-state index contributed by atoms with van der Waals surface area (Å²) in [6, 6.07) is 0. The van der Waals surface area contributed by atoms with Gasteiger partial charge in [0.05, 0.1) is 12.5 Å². The first-order chi connectivity index (χ1) is 9.08. The summed E-state index contributed by atoms with van der Waals surface area (Å²) >= 11 is 0. The molecule has 1 fully saturated rings. The van der Waals surface area contributed by atoms with E-state index in [4.69, 9.17) is 5.11 Å². The third kappa shape index (κ3) is 3.53. The minimum atomic E-state index is -0.638. The summed E-state index contributed by atoms with van der Waals surface area (Å²) in [5.41, 5.74) is 0. The molecular weight excluding hydrogens is 244 g/mol. The fraction of sp³-hybridized carbons (Fsp3) is 0.769. The average Bonchev–Trinajstić information content (AvgIpc) is 2.71. The number of carboxylic acids is 1. The Kier molecular flexibility index (Phi) is 4.52. The third-order valence-electron chi connectivity index (χ3n) is 4.09. The zero-order valence-corrected chi connectivity index (χ0v) is 11.6. The molecular formula is C13H22N4O2. The molecule has 106 valence electrons. The van der Waals surface area contributed by atoms with Gasteiger partial charge in [-0.1, -0.05) is 0 Å². The van der Waals surface area contributed by atoms with Gasteiger partial charge in [-0.25, -0.2) is 0 Å². The Bertz CT molecular complexity index is 436. The quantitative estimate of drug-likeness (QED) is 0.834. The van der Waals surface area contributed by atoms with Gasteiger partial charge in [-0.05, 0) is 45.1 Å². The summed E-state index contributed by atoms with van der Waals surface area (Å²) in [6.45, 7) is 3.58. The van der Waals surface area contributed by atoms with Crippen molar-refractivity contribution in [2.75, 3.05) is 6.54 Å². The topological polar surface area (TPSA) is 80.0 Å². The van der Waals surface area contributed by atoms with Crippen molar-refractivity contribution in [3.05, 3.63) is 11.6 Å². The molecule has 0 aromatic carbocycles. The van der Waals surface area contributed by atoms with Gasteiger partial charge in [0.15, 0.2) is 0 Å². The van der Waals surface area contributed by atoms with Gasteiger partial charge in [-0.15, -0.1) is 10.2 Å². The van der Waals surface area contributed by atoms with E-state index < -0.39 is 5.97 Å². The molecule has 1 aliphatic carbocycles. The van der Waals surface area contributed by atoms with Crippen LogP contribution in [0.3, 0.4) is 0 Å². The Balaban J connectivity index is 1.70. The Labute approximate surface area is 113 Å². The third-order valence-corrected chi connectivity index (χ3v) is 4.09. The second-order valence-electron chi connectivity index (χ2n) is 5.41. The maximum Gasteiger partial charge on any atom is 0.306 e. The lowest BCUT2D eigenvalue weighted by molar-refractivity contribution is -0.143. The summed E-state index contributed by atoms with van der Waals surface area (Å²) in [4.78, 5) is 10.9. The van der Waals surface area contributed by atoms with Crippen LogP contribution >= 0.6 is 0 Å². The van der Waals surface area contributed by atoms with Gasteiger partial charge in [-0.3, -0.25) is 4.79 Å². The molecule has 1 aromatic heterocycles. The average molecular weight is 266 g/mol. The Hall–Kier alpha value is -1.43. The molecule has 19 heavy (non-hydrogen) atoms. The number of hydrogen-bond donors (Lipinski definition) is 2. The zero-order valence-electron chi connectivity index (χ0n) is 11.6. The van der Waals surface area contributed by atoms with E-state index in [9.17, 15) is 4.79 Å². The Morgan fingerprint density at radius 1 is 1.37 bits per heavy atom. The lowest BCUT2D eigenvalue weighted by Gasteiger charge is -2.26. The molecule has 1 saturated carbocycles. The first-order valence-electron chi connectivity index (χ1n) is 6.86. The van der Waals surface area contributed by atoms with E-state index in [0.717, 1.165) is 50.4 Å². The lowest BCUT2D eigenvalue weighted by Crippen LogP contribution is -2.29. The van der Waals surface area contributed by atoms with Crippen molar-refractivity contribution < 1.29 is 9.90 Å². The van der Waals surface area contributed by atoms with Gasteiger partial charge in [0, 0.05) is 7.05 Å². The maximum atomic E-state index is 10.9. The summed E-state index contributed by atoms with van der Waals surface area (Å²) in [5.74, 6) is 1.68. The second kappa shape index (κ2) is 6.14. The highest BCUT2D eigenvalue weighted by Gasteiger charge is 2.25. The number of carboxylic acid groups (broad SMARTS) is 1. The molecule has 1 aliphatic rings. The largest absolute Gasteiger partial charge is 0.481 e. The number of carbonyl (C=O) groups is 1. The molecule has 6 nitrogen and oxygen atoms in total. The molecule has 6 heteroatoms. The minimum Gasteiger partial charge on any atom is -0.481 e. The normalized spacial score (nSPS) is 23.5. The van der Waals surface area contributed by atoms with Crippen LogP contribution in [0.5, 0.6) is 0 Å². The van der Waals surface area contributed by atoms with E-state index in [-0.39, 0.29) is 5.92 Å². The first-order valence-corrected chi connectivity index (χ1v) is 6.86. The van der Waals surface area contributed by atoms with E-state index in [1.807, 2.05) is 18.5 Å². The Morgan fingerprint density at radius 2 is 2.05 bits per heavy atom. The fourth-order valence-corrected chi connectivity index (χ4v) is 2.61. The van der Waals surface area contributed by atoms with Gasteiger partial charge in [0.1, 0.15) is 11.6 Å². The Morgan fingerprint density at radius 3 is 2.58 bits per heavy atom. The van der Waals surface area contributed by atoms with Crippen LogP contribution in [0, 0.1) is 18.8 Å². The molecule has 2 rings (SSSR count). The van der Waals surface area contributed by atoms with Crippen molar-refractivity contribution in [1.82, 2.24) is 20.1 Å². The summed E-state index contributed by atoms with van der Waals surface area (Å²) < 4.78 is 1.98. The molecule has 0 radical (unpaired) electrons. The van der Waals surface area contributed by atoms with Gasteiger partial charge >= 0.3 is 5.97 Å². The fourth-order valence-electron chi connectivity index (χ4n) is 2.61. The van der Waals surface area contributed by atoms with E-state index in [2.05, 4.69) is 15.5 Å². The van der Waals surface area contributed by atoms with Crippen molar-refractivity contribution in [2.24, 2.45) is 18.9 Å². The summed E-state index contributed by atoms with van der Waals surface area (Å²) in [6.07, 6.45) is 3.62. The number of aryl methyl sites for hydroxylation is 1. The molecule has 0 amide bonds. The van der Waals surface area contributed by atoms with E-state index in [1.165, 1.54) is 0 Å². The predicted molar refractivity (Wildman–Crippen MR) is 70.5 cm³/mol. The highest BCUT2D eigenvalue weighted by molar-refractivity contribution is 5.69. The van der Waals surface area contributed by atoms with Crippen molar-refractivity contribution >= 4 is 5.97 Å². The van der Waals surface area contributed by atoms with Crippen LogP contribution in [0.25, 0.3) is 0 Å². The van der Waals surface area contributed by atoms with Crippen LogP contribution in [-0.2, 0) is 18.4 Å². The smallest absolute Gasteiger partial charge is 0.306 e. The van der Waals surface area contributed by atoms with Crippen molar-refractivity contribution in [3.63, 3.8) is 0 Å². The lowest BCUT2D eigenvalue weighted by atomic mass is 9.82. The van der Waals surface area contributed by atoms with Crippen LogP contribution in [0.4, 0.5) is 0 Å². The van der Waals surface area contributed by atoms with Crippen molar-refractivity contribution in [2.45, 2.75) is 39.2 Å². The molecule has 0 saturated heterocycles. The van der Waals surface area contributed by atoms with Crippen LogP contribution in [0.1, 0.15) is 37.3 Å². The maximum absolute atomic E-state index is 10.9. The minimum absolute atomic E-state index is 0.127. The van der Waals surface area contributed by atoms with Crippen LogP contribution in [-0.4, -0.2) is 32.4 Å². The SMILES string of the molecule is Cc1nnc(CNCC2CCC(C(=O)O)CC2)n1C. The number of nitrogens with zero attached hydrogens (tertiary/aromatic N) is 3. The van der Waals surface area contributed by atoms with Crippen molar-refractivity contribution in [3.8, 4) is 0 Å². The van der Waals surface area contributed by atoms with Gasteiger partial charge < -0.3 is 15.0 Å². The monoisotopic (exact) mass is 266 g/mol. The molecule has 0 unspecified atom stereocenters. The number of hydrogen-bond acceptors (Lipinski definition) is 4. The standard InChI is InChI=1S/C13H22N4O2/c1-9-15-16-12(17(9)2)8-14-7-10-3-5-11(6-4-10)13(18)19/h10-11,14H,3-8H2,1-2H3,(H,18,19). The molecule has 0 aliphatic heterocycles. The van der Waals surface area contributed by atoms with E-state index in [0.29, 0.717) is 5.92 Å². The van der Waals surface area contributed by atoms with Gasteiger partial charge in [-0.2, -0.15) is 0 Å². The number of nitrogens with one attached hydrogen (secondary N) is 1. The molecule has 0 atom stereocenters. The van der Waals surface area contributed by atoms with Gasteiger partial charge in [0.2, 0.25) is 0 Å². The number of aromatic nitrogens is 3. The summed E-state index contributed by atoms with van der Waals surface area (Å²) in [5, 5.41) is 20.5. The highest BCUT2D eigenvalue weighted by atomic mass is 16.4. The number of rotatable bonds is 5. The van der Waals surface area contributed by atoms with Crippen LogP contribution in [0.15, 0.2) is 0 Å². The molecule has 0 spiro atoms. The molecule has 1 aromatic rings. The van der Waals surface area contributed by atoms with Crippen molar-refractivity contribution in [1.29, 1.82) is 0 Å². The predicted octanol–water partition coefficient (Wildman–Crippen LogP) is 1.10. The second-order valence-corrected chi connectivity index (χ2v) is 5.41. The zero-order chi connectivity index (χ0) is 13.8. The van der Waals surface area contributed by atoms with Crippen LogP contribution in [0.2, 0.25) is 0 Å². The number of aliphatic carboxylic acids is 1. The van der Waals surface area contributed by atoms with Crippen LogP contribution < -0.4 is 5.32 Å². The molecule has 0 bridgehead atoms. The summed E-state index contributed by atoms with van der Waals surface area (Å²) in [7, 11) is 1.96.